The molecule has 0 aliphatic rings. The lowest BCUT2D eigenvalue weighted by Crippen LogP contribution is -2.31. The van der Waals surface area contributed by atoms with Gasteiger partial charge >= 0.3 is 0 Å². The smallest absolute Gasteiger partial charge is 0.274 e. The number of halogens is 4. The van der Waals surface area contributed by atoms with E-state index in [0.717, 1.165) is 5.56 Å². The fourth-order valence-corrected chi connectivity index (χ4v) is 3.09. The van der Waals surface area contributed by atoms with Gasteiger partial charge in [0.2, 0.25) is 0 Å². The fourth-order valence-electron chi connectivity index (χ4n) is 2.28. The first-order valence-electron chi connectivity index (χ1n) is 7.38. The summed E-state index contributed by atoms with van der Waals surface area (Å²) in [6.45, 7) is 0.472. The van der Waals surface area contributed by atoms with Crippen LogP contribution in [0, 0.1) is 0 Å². The third-order valence-corrected chi connectivity index (χ3v) is 5.17. The minimum Gasteiger partial charge on any atom is -0.467 e. The molecular weight excluding hydrogens is 420 g/mol. The van der Waals surface area contributed by atoms with Crippen molar-refractivity contribution in [2.24, 2.45) is 0 Å². The molecule has 3 rings (SSSR count). The van der Waals surface area contributed by atoms with E-state index in [1.165, 1.54) is 11.2 Å². The lowest BCUT2D eigenvalue weighted by atomic mass is 10.2. The molecule has 0 bridgehead atoms. The SMILES string of the molecule is O=C(c1nc(Cl)c(Cl)c(Cl)c1Cl)N(Cc1cccnc1)Cc1ccco1. The highest BCUT2D eigenvalue weighted by molar-refractivity contribution is 6.52. The summed E-state index contributed by atoms with van der Waals surface area (Å²) < 4.78 is 5.35. The maximum absolute atomic E-state index is 13.1. The summed E-state index contributed by atoms with van der Waals surface area (Å²) in [5, 5.41) is -0.166. The van der Waals surface area contributed by atoms with Crippen LogP contribution in [0.4, 0.5) is 0 Å². The number of hydrogen-bond acceptors (Lipinski definition) is 4. The van der Waals surface area contributed by atoms with Crippen LogP contribution in [0.15, 0.2) is 47.3 Å². The summed E-state index contributed by atoms with van der Waals surface area (Å²) in [5.41, 5.74) is 0.746. The standard InChI is InChI=1S/C17H11Cl4N3O2/c18-12-13(19)15(23-16(21)14(12)20)17(25)24(9-11-4-2-6-26-11)8-10-3-1-5-22-7-10/h1-7H,8-9H2. The van der Waals surface area contributed by atoms with E-state index in [0.29, 0.717) is 5.76 Å². The predicted molar refractivity (Wildman–Crippen MR) is 101 cm³/mol. The van der Waals surface area contributed by atoms with Crippen molar-refractivity contribution in [3.63, 3.8) is 0 Å². The first-order valence-corrected chi connectivity index (χ1v) is 8.89. The summed E-state index contributed by atoms with van der Waals surface area (Å²) in [4.78, 5) is 22.6. The zero-order chi connectivity index (χ0) is 18.7. The van der Waals surface area contributed by atoms with Crippen molar-refractivity contribution in [1.29, 1.82) is 0 Å². The van der Waals surface area contributed by atoms with Crippen LogP contribution in [-0.4, -0.2) is 20.8 Å². The molecular formula is C17H11Cl4N3O2. The molecule has 3 aromatic heterocycles. The normalized spacial score (nSPS) is 10.8. The van der Waals surface area contributed by atoms with Gasteiger partial charge in [-0.2, -0.15) is 0 Å². The molecule has 0 unspecified atom stereocenters. The van der Waals surface area contributed by atoms with Crippen molar-refractivity contribution in [2.75, 3.05) is 0 Å². The molecule has 0 radical (unpaired) electrons. The molecule has 0 aliphatic heterocycles. The zero-order valence-corrected chi connectivity index (χ0v) is 16.1. The minimum atomic E-state index is -0.462. The largest absolute Gasteiger partial charge is 0.467 e. The molecule has 1 amide bonds. The molecule has 0 spiro atoms. The average Bonchev–Trinajstić information content (AvgIpc) is 3.16. The molecule has 0 saturated carbocycles. The molecule has 0 saturated heterocycles. The molecule has 3 aromatic rings. The Bertz CT molecular complexity index is 918. The van der Waals surface area contributed by atoms with Crippen LogP contribution in [0.25, 0.3) is 0 Å². The topological polar surface area (TPSA) is 59.2 Å². The van der Waals surface area contributed by atoms with Gasteiger partial charge in [-0.15, -0.1) is 0 Å². The van der Waals surface area contributed by atoms with E-state index in [-0.39, 0.29) is 39.0 Å². The minimum absolute atomic E-state index is 0.000253. The van der Waals surface area contributed by atoms with Crippen LogP contribution in [0.2, 0.25) is 20.2 Å². The molecule has 3 heterocycles. The summed E-state index contributed by atoms with van der Waals surface area (Å²) in [6.07, 6.45) is 4.85. The number of carbonyl (C=O) groups excluding carboxylic acids is 1. The van der Waals surface area contributed by atoms with Gasteiger partial charge < -0.3 is 9.32 Å². The van der Waals surface area contributed by atoms with Crippen LogP contribution in [0.3, 0.4) is 0 Å². The van der Waals surface area contributed by atoms with E-state index in [4.69, 9.17) is 50.8 Å². The van der Waals surface area contributed by atoms with Gasteiger partial charge in [0, 0.05) is 18.9 Å². The summed E-state index contributed by atoms with van der Waals surface area (Å²) in [7, 11) is 0. The highest BCUT2D eigenvalue weighted by atomic mass is 35.5. The molecule has 0 aromatic carbocycles. The Morgan fingerprint density at radius 2 is 1.85 bits per heavy atom. The highest BCUT2D eigenvalue weighted by Gasteiger charge is 2.25. The Labute approximate surface area is 169 Å². The van der Waals surface area contributed by atoms with Gasteiger partial charge in [0.15, 0.2) is 0 Å². The van der Waals surface area contributed by atoms with Crippen LogP contribution in [0.5, 0.6) is 0 Å². The predicted octanol–water partition coefficient (Wildman–Crippen LogP) is 5.53. The number of furan rings is 1. The second kappa shape index (κ2) is 8.27. The van der Waals surface area contributed by atoms with Crippen molar-refractivity contribution in [3.05, 3.63) is 80.2 Å². The summed E-state index contributed by atoms with van der Waals surface area (Å²) >= 11 is 24.1. The van der Waals surface area contributed by atoms with Crippen molar-refractivity contribution in [3.8, 4) is 0 Å². The van der Waals surface area contributed by atoms with Gasteiger partial charge in [-0.3, -0.25) is 9.78 Å². The number of rotatable bonds is 5. The van der Waals surface area contributed by atoms with E-state index in [1.807, 2.05) is 6.07 Å². The third kappa shape index (κ3) is 4.13. The first kappa shape index (κ1) is 19.0. The second-order valence-corrected chi connectivity index (χ2v) is 6.79. The number of nitrogens with zero attached hydrogens (tertiary/aromatic N) is 3. The van der Waals surface area contributed by atoms with E-state index in [1.54, 1.807) is 30.6 Å². The lowest BCUT2D eigenvalue weighted by molar-refractivity contribution is 0.0712. The summed E-state index contributed by atoms with van der Waals surface area (Å²) in [5.74, 6) is 0.139. The lowest BCUT2D eigenvalue weighted by Gasteiger charge is -2.22. The van der Waals surface area contributed by atoms with Crippen LogP contribution in [-0.2, 0) is 13.1 Å². The van der Waals surface area contributed by atoms with E-state index < -0.39 is 5.91 Å². The quantitative estimate of drug-likeness (QED) is 0.499. The number of hydrogen-bond donors (Lipinski definition) is 0. The van der Waals surface area contributed by atoms with Crippen LogP contribution < -0.4 is 0 Å². The maximum Gasteiger partial charge on any atom is 0.274 e. The Kier molecular flexibility index (Phi) is 6.04. The van der Waals surface area contributed by atoms with Gasteiger partial charge in [-0.05, 0) is 23.8 Å². The van der Waals surface area contributed by atoms with Crippen LogP contribution >= 0.6 is 46.4 Å². The molecule has 5 nitrogen and oxygen atoms in total. The Morgan fingerprint density at radius 1 is 1.04 bits per heavy atom. The average molecular weight is 431 g/mol. The number of carbonyl (C=O) groups is 1. The van der Waals surface area contributed by atoms with Crippen molar-refractivity contribution in [1.82, 2.24) is 14.9 Å². The number of pyridine rings is 2. The zero-order valence-electron chi connectivity index (χ0n) is 13.1. The van der Waals surface area contributed by atoms with Crippen molar-refractivity contribution >= 4 is 52.3 Å². The highest BCUT2D eigenvalue weighted by Crippen LogP contribution is 2.36. The van der Waals surface area contributed by atoms with Gasteiger partial charge in [-0.25, -0.2) is 4.98 Å². The molecule has 0 aliphatic carbocycles. The molecule has 0 atom stereocenters. The Balaban J connectivity index is 1.97. The van der Waals surface area contributed by atoms with Crippen molar-refractivity contribution < 1.29 is 9.21 Å². The Morgan fingerprint density at radius 3 is 2.50 bits per heavy atom. The summed E-state index contributed by atoms with van der Waals surface area (Å²) in [6, 6.07) is 7.14. The van der Waals surface area contributed by atoms with Gasteiger partial charge in [0.25, 0.3) is 5.91 Å². The van der Waals surface area contributed by atoms with Crippen LogP contribution in [0.1, 0.15) is 21.8 Å². The van der Waals surface area contributed by atoms with E-state index >= 15 is 0 Å². The second-order valence-electron chi connectivity index (χ2n) is 5.30. The molecule has 26 heavy (non-hydrogen) atoms. The van der Waals surface area contributed by atoms with E-state index in [9.17, 15) is 4.79 Å². The van der Waals surface area contributed by atoms with Gasteiger partial charge in [-0.1, -0.05) is 52.5 Å². The molecule has 134 valence electrons. The van der Waals surface area contributed by atoms with Crippen molar-refractivity contribution in [2.45, 2.75) is 13.1 Å². The fraction of sp³-hybridized carbons (Fsp3) is 0.118. The van der Waals surface area contributed by atoms with Gasteiger partial charge in [0.05, 0.1) is 27.9 Å². The molecule has 9 heteroatoms. The number of aromatic nitrogens is 2. The first-order chi connectivity index (χ1) is 12.5. The maximum atomic E-state index is 13.1. The van der Waals surface area contributed by atoms with E-state index in [2.05, 4.69) is 9.97 Å². The Hall–Kier alpha value is -1.79. The van der Waals surface area contributed by atoms with Gasteiger partial charge in [0.1, 0.15) is 16.6 Å². The number of amides is 1. The monoisotopic (exact) mass is 429 g/mol. The third-order valence-electron chi connectivity index (χ3n) is 3.50. The molecule has 0 fully saturated rings. The molecule has 0 N–H and O–H groups in total.